The van der Waals surface area contributed by atoms with E-state index in [0.717, 1.165) is 25.7 Å². The Morgan fingerprint density at radius 1 is 1.22 bits per heavy atom. The highest BCUT2D eigenvalue weighted by atomic mass is 16.7. The first-order valence-electron chi connectivity index (χ1n) is 6.24. The lowest BCUT2D eigenvalue weighted by Gasteiger charge is -2.40. The van der Waals surface area contributed by atoms with Crippen LogP contribution in [0.3, 0.4) is 0 Å². The number of aliphatic carboxylic acids is 1. The summed E-state index contributed by atoms with van der Waals surface area (Å²) in [6.07, 6.45) is 7.37. The molecule has 1 aliphatic heterocycles. The number of carboxylic acid groups (broad SMARTS) is 1. The van der Waals surface area contributed by atoms with Crippen molar-refractivity contribution in [2.75, 3.05) is 13.2 Å². The van der Waals surface area contributed by atoms with Crippen LogP contribution < -0.4 is 0 Å². The number of ether oxygens (including phenoxy) is 2. The first kappa shape index (κ1) is 13.1. The SMILES string of the molecule is CC1(/C=C/C#CC(=O)O)CCC2(CC1)OCCO2. The fraction of sp³-hybridized carbons (Fsp3) is 0.643. The molecule has 0 bridgehead atoms. The number of hydrogen-bond acceptors (Lipinski definition) is 3. The second-order valence-corrected chi connectivity index (χ2v) is 5.17. The predicted octanol–water partition coefficient (Wildman–Crippen LogP) is 1.95. The van der Waals surface area contributed by atoms with Crippen molar-refractivity contribution >= 4 is 5.97 Å². The molecule has 0 aromatic rings. The lowest BCUT2D eigenvalue weighted by Crippen LogP contribution is -2.38. The standard InChI is InChI=1S/C14H18O4/c1-13(5-3-2-4-12(15)16)6-8-14(9-7-13)17-10-11-18-14/h3,5H,6-11H2,1H3,(H,15,16)/b5-3+. The van der Waals surface area contributed by atoms with E-state index in [1.165, 1.54) is 0 Å². The van der Waals surface area contributed by atoms with Gasteiger partial charge in [0.1, 0.15) is 0 Å². The summed E-state index contributed by atoms with van der Waals surface area (Å²) >= 11 is 0. The highest BCUT2D eigenvalue weighted by Crippen LogP contribution is 2.45. The van der Waals surface area contributed by atoms with Crippen LogP contribution in [0.2, 0.25) is 0 Å². The fourth-order valence-corrected chi connectivity index (χ4v) is 2.50. The number of carbonyl (C=O) groups is 1. The van der Waals surface area contributed by atoms with Crippen LogP contribution in [0.1, 0.15) is 32.6 Å². The van der Waals surface area contributed by atoms with Crippen LogP contribution >= 0.6 is 0 Å². The third-order valence-corrected chi connectivity index (χ3v) is 3.72. The molecule has 4 heteroatoms. The van der Waals surface area contributed by atoms with E-state index in [4.69, 9.17) is 14.6 Å². The molecule has 1 saturated heterocycles. The summed E-state index contributed by atoms with van der Waals surface area (Å²) in [5.41, 5.74) is 0.0632. The van der Waals surface area contributed by atoms with E-state index in [9.17, 15) is 4.79 Å². The lowest BCUT2D eigenvalue weighted by molar-refractivity contribution is -0.186. The van der Waals surface area contributed by atoms with Gasteiger partial charge in [0.05, 0.1) is 13.2 Å². The molecule has 1 aliphatic carbocycles. The highest BCUT2D eigenvalue weighted by Gasteiger charge is 2.43. The molecule has 0 atom stereocenters. The molecule has 0 aromatic heterocycles. The van der Waals surface area contributed by atoms with E-state index < -0.39 is 5.97 Å². The molecule has 0 amide bonds. The summed E-state index contributed by atoms with van der Waals surface area (Å²) in [7, 11) is 0. The normalized spacial score (nSPS) is 24.9. The minimum atomic E-state index is -1.10. The van der Waals surface area contributed by atoms with E-state index in [1.54, 1.807) is 6.08 Å². The average molecular weight is 250 g/mol. The van der Waals surface area contributed by atoms with Crippen LogP contribution in [-0.2, 0) is 14.3 Å². The molecule has 98 valence electrons. The number of carboxylic acids is 1. The van der Waals surface area contributed by atoms with Crippen molar-refractivity contribution in [1.82, 2.24) is 0 Å². The van der Waals surface area contributed by atoms with Gasteiger partial charge in [0, 0.05) is 18.8 Å². The van der Waals surface area contributed by atoms with Crippen molar-refractivity contribution < 1.29 is 19.4 Å². The molecule has 2 aliphatic rings. The van der Waals surface area contributed by atoms with Gasteiger partial charge in [-0.05, 0) is 24.3 Å². The molecule has 4 nitrogen and oxygen atoms in total. The number of allylic oxidation sites excluding steroid dienone is 2. The second kappa shape index (κ2) is 5.13. The van der Waals surface area contributed by atoms with Crippen LogP contribution in [0, 0.1) is 17.3 Å². The molecule has 0 unspecified atom stereocenters. The van der Waals surface area contributed by atoms with Gasteiger partial charge in [-0.2, -0.15) is 0 Å². The van der Waals surface area contributed by atoms with Crippen molar-refractivity contribution in [2.24, 2.45) is 5.41 Å². The molecule has 1 spiro atoms. The zero-order valence-electron chi connectivity index (χ0n) is 10.6. The van der Waals surface area contributed by atoms with E-state index in [2.05, 4.69) is 18.8 Å². The van der Waals surface area contributed by atoms with Gasteiger partial charge in [0.25, 0.3) is 0 Å². The summed E-state index contributed by atoms with van der Waals surface area (Å²) in [4.78, 5) is 10.3. The van der Waals surface area contributed by atoms with Crippen molar-refractivity contribution in [3.05, 3.63) is 12.2 Å². The van der Waals surface area contributed by atoms with Crippen LogP contribution in [0.25, 0.3) is 0 Å². The first-order valence-corrected chi connectivity index (χ1v) is 6.24. The third kappa shape index (κ3) is 3.12. The average Bonchev–Trinajstić information content (AvgIpc) is 2.79. The quantitative estimate of drug-likeness (QED) is 0.723. The number of hydrogen-bond donors (Lipinski definition) is 1. The molecule has 0 radical (unpaired) electrons. The van der Waals surface area contributed by atoms with Crippen LogP contribution in [0.4, 0.5) is 0 Å². The minimum absolute atomic E-state index is 0.0632. The van der Waals surface area contributed by atoms with E-state index in [-0.39, 0.29) is 11.2 Å². The lowest BCUT2D eigenvalue weighted by atomic mass is 9.73. The molecular weight excluding hydrogens is 232 g/mol. The predicted molar refractivity (Wildman–Crippen MR) is 65.8 cm³/mol. The Kier molecular flexibility index (Phi) is 3.74. The Morgan fingerprint density at radius 2 is 1.83 bits per heavy atom. The fourth-order valence-electron chi connectivity index (χ4n) is 2.50. The van der Waals surface area contributed by atoms with Gasteiger partial charge in [0.2, 0.25) is 0 Å². The third-order valence-electron chi connectivity index (χ3n) is 3.72. The molecular formula is C14H18O4. The van der Waals surface area contributed by atoms with Gasteiger partial charge in [-0.3, -0.25) is 0 Å². The highest BCUT2D eigenvalue weighted by molar-refractivity contribution is 5.86. The molecule has 0 aromatic carbocycles. The Hall–Kier alpha value is -1.31. The Morgan fingerprint density at radius 3 is 2.39 bits per heavy atom. The van der Waals surface area contributed by atoms with E-state index in [1.807, 2.05) is 6.08 Å². The van der Waals surface area contributed by atoms with Crippen LogP contribution in [-0.4, -0.2) is 30.1 Å². The van der Waals surface area contributed by atoms with Gasteiger partial charge < -0.3 is 14.6 Å². The van der Waals surface area contributed by atoms with Crippen molar-refractivity contribution in [3.63, 3.8) is 0 Å². The maximum Gasteiger partial charge on any atom is 0.382 e. The smallest absolute Gasteiger partial charge is 0.382 e. The molecule has 1 heterocycles. The van der Waals surface area contributed by atoms with E-state index in [0.29, 0.717) is 13.2 Å². The largest absolute Gasteiger partial charge is 0.472 e. The second-order valence-electron chi connectivity index (χ2n) is 5.17. The van der Waals surface area contributed by atoms with Crippen LogP contribution in [0.15, 0.2) is 12.2 Å². The topological polar surface area (TPSA) is 55.8 Å². The molecule has 18 heavy (non-hydrogen) atoms. The summed E-state index contributed by atoms with van der Waals surface area (Å²) in [5, 5.41) is 8.41. The van der Waals surface area contributed by atoms with Crippen molar-refractivity contribution in [2.45, 2.75) is 38.4 Å². The summed E-state index contributed by atoms with van der Waals surface area (Å²) < 4.78 is 11.4. The van der Waals surface area contributed by atoms with E-state index >= 15 is 0 Å². The Balaban J connectivity index is 1.91. The van der Waals surface area contributed by atoms with Gasteiger partial charge >= 0.3 is 5.97 Å². The maximum absolute atomic E-state index is 10.3. The van der Waals surface area contributed by atoms with Gasteiger partial charge in [-0.25, -0.2) is 4.79 Å². The number of rotatable bonds is 1. The van der Waals surface area contributed by atoms with Gasteiger partial charge in [-0.15, -0.1) is 0 Å². The Bertz CT molecular complexity index is 397. The monoisotopic (exact) mass is 250 g/mol. The zero-order chi connectivity index (χ0) is 13.1. The summed E-state index contributed by atoms with van der Waals surface area (Å²) in [6.45, 7) is 3.54. The minimum Gasteiger partial charge on any atom is -0.472 e. The van der Waals surface area contributed by atoms with Gasteiger partial charge in [0.15, 0.2) is 5.79 Å². The molecule has 2 fully saturated rings. The Labute approximate surface area is 107 Å². The molecule has 2 rings (SSSR count). The zero-order valence-corrected chi connectivity index (χ0v) is 10.6. The first-order chi connectivity index (χ1) is 8.54. The van der Waals surface area contributed by atoms with Gasteiger partial charge in [-0.1, -0.05) is 18.9 Å². The van der Waals surface area contributed by atoms with Crippen LogP contribution in [0.5, 0.6) is 0 Å². The van der Waals surface area contributed by atoms with Crippen molar-refractivity contribution in [3.8, 4) is 11.8 Å². The summed E-state index contributed by atoms with van der Waals surface area (Å²) in [5.74, 6) is 3.16. The molecule has 1 N–H and O–H groups in total. The maximum atomic E-state index is 10.3. The van der Waals surface area contributed by atoms with Crippen molar-refractivity contribution in [1.29, 1.82) is 0 Å². The molecule has 1 saturated carbocycles. The summed E-state index contributed by atoms with van der Waals surface area (Å²) in [6, 6.07) is 0.